The van der Waals surface area contributed by atoms with Crippen LogP contribution in [0.15, 0.2) is 137 Å². The first-order chi connectivity index (χ1) is 37.0. The Morgan fingerprint density at radius 3 is 1.43 bits per heavy atom. The zero-order valence-corrected chi connectivity index (χ0v) is 50.0. The third-order valence-corrected chi connectivity index (χ3v) is 17.6. The van der Waals surface area contributed by atoms with Crippen LogP contribution in [0.1, 0.15) is 166 Å². The quantitative estimate of drug-likeness (QED) is 0.135. The highest BCUT2D eigenvalue weighted by molar-refractivity contribution is 6.32. The maximum atomic E-state index is 15.9. The standard InChI is InChI=1S/C69H88N4O6/c1-40-35-48(66(5,6)7)58(49(36-40)67(8,9)10)78-64(76)56-54(44-29-19-17-20-30-44)52(70-60(56)72-62(74)46-33-25-23-27-42(46)3)39-53-55(45-31-21-18-22-32-45)57(61(71-53)73-63(75)47-34-26-24-28-43(47)4)65(77)79-59-50(68(11,12)13)37-41(2)38-51(59)69(14,15)16/h17-34,39-41,48-51,56,58-60,70H,35-38H2,1-16H3,(H,72,74)(H,71,73,75)/b53-39-. The fraction of sp³-hybridized carbons (Fsp3) is 0.493. The number of nitrogens with one attached hydrogen (secondary N) is 3. The molecule has 420 valence electrons. The second-order valence-electron chi connectivity index (χ2n) is 27.8. The van der Waals surface area contributed by atoms with Crippen molar-refractivity contribution in [3.8, 4) is 0 Å². The van der Waals surface area contributed by atoms with E-state index in [0.29, 0.717) is 51.1 Å². The highest BCUT2D eigenvalue weighted by atomic mass is 16.5. The second-order valence-corrected chi connectivity index (χ2v) is 27.8. The highest BCUT2D eigenvalue weighted by Gasteiger charge is 2.52. The number of carbonyl (C=O) groups excluding carboxylic acids is 4. The topological polar surface area (TPSA) is 135 Å². The van der Waals surface area contributed by atoms with Crippen molar-refractivity contribution in [2.45, 2.75) is 155 Å². The predicted molar refractivity (Wildman–Crippen MR) is 318 cm³/mol. The molecule has 0 bridgehead atoms. The molecule has 0 spiro atoms. The average molecular weight is 1070 g/mol. The number of allylic oxidation sites excluding steroid dienone is 2. The van der Waals surface area contributed by atoms with Crippen LogP contribution in [0, 0.1) is 76.9 Å². The summed E-state index contributed by atoms with van der Waals surface area (Å²) >= 11 is 0. The monoisotopic (exact) mass is 1070 g/mol. The van der Waals surface area contributed by atoms with Gasteiger partial charge in [-0.1, -0.05) is 194 Å². The molecule has 0 saturated heterocycles. The molecule has 79 heavy (non-hydrogen) atoms. The van der Waals surface area contributed by atoms with E-state index < -0.39 is 42.1 Å². The minimum atomic E-state index is -1.04. The van der Waals surface area contributed by atoms with E-state index in [0.717, 1.165) is 42.4 Å². The van der Waals surface area contributed by atoms with Crippen LogP contribution < -0.4 is 16.0 Å². The molecule has 2 amide bonds. The maximum absolute atomic E-state index is 15.9. The number of rotatable bonds is 10. The number of amides is 2. The molecule has 8 rings (SSSR count). The molecule has 10 heteroatoms. The molecule has 3 N–H and O–H groups in total. The summed E-state index contributed by atoms with van der Waals surface area (Å²) in [6.45, 7) is 35.2. The molecule has 0 radical (unpaired) electrons. The number of nitrogens with zero attached hydrogens (tertiary/aromatic N) is 1. The number of aliphatic imine (C=N–C) groups is 1. The van der Waals surface area contributed by atoms with Gasteiger partial charge in [0.05, 0.1) is 5.70 Å². The van der Waals surface area contributed by atoms with Crippen LogP contribution in [0.2, 0.25) is 0 Å². The van der Waals surface area contributed by atoms with Crippen molar-refractivity contribution in [1.29, 1.82) is 0 Å². The van der Waals surface area contributed by atoms with Crippen molar-refractivity contribution in [1.82, 2.24) is 16.0 Å². The van der Waals surface area contributed by atoms with Crippen molar-refractivity contribution >= 4 is 40.7 Å². The molecular weight excluding hydrogens is 981 g/mol. The van der Waals surface area contributed by atoms with Crippen molar-refractivity contribution in [3.05, 3.63) is 166 Å². The zero-order chi connectivity index (χ0) is 57.5. The summed E-state index contributed by atoms with van der Waals surface area (Å²) in [7, 11) is 0. The summed E-state index contributed by atoms with van der Waals surface area (Å²) in [4.78, 5) is 66.1. The number of amidine groups is 1. The SMILES string of the molecule is Cc1ccccc1C(=O)NC1=N/C(=C\C2=C(c3ccccc3)C(C(=O)OC3C(C(C)(C)C)CC(C)CC3C(C)(C)C)C(NC(=O)c3ccccc3C)N2)C(c2ccccc2)=C1C(=O)OC1C(C(C)(C)C)CC(C)CC1C(C)(C)C. The number of carbonyl (C=O) groups is 4. The Labute approximate surface area is 471 Å². The van der Waals surface area contributed by atoms with Gasteiger partial charge in [-0.3, -0.25) is 14.4 Å². The van der Waals surface area contributed by atoms with E-state index >= 15 is 9.59 Å². The van der Waals surface area contributed by atoms with Crippen molar-refractivity contribution in [2.24, 2.45) is 68.1 Å². The first-order valence-corrected chi connectivity index (χ1v) is 28.8. The molecule has 4 aromatic rings. The van der Waals surface area contributed by atoms with Crippen LogP contribution in [0.4, 0.5) is 0 Å². The summed E-state index contributed by atoms with van der Waals surface area (Å²) in [6.07, 6.45) is 3.65. The minimum Gasteiger partial charge on any atom is -0.461 e. The molecule has 6 unspecified atom stereocenters. The molecular formula is C69H88N4O6. The number of ether oxygens (including phenoxy) is 2. The predicted octanol–water partition coefficient (Wildman–Crippen LogP) is 14.5. The maximum Gasteiger partial charge on any atom is 0.342 e. The van der Waals surface area contributed by atoms with E-state index in [9.17, 15) is 9.59 Å². The Hall–Kier alpha value is -6.55. The lowest BCUT2D eigenvalue weighted by Crippen LogP contribution is -2.52. The fourth-order valence-electron chi connectivity index (χ4n) is 13.2. The summed E-state index contributed by atoms with van der Waals surface area (Å²) in [5.74, 6) is -1.71. The summed E-state index contributed by atoms with van der Waals surface area (Å²) in [6, 6.07) is 34.0. The van der Waals surface area contributed by atoms with E-state index in [-0.39, 0.29) is 62.6 Å². The van der Waals surface area contributed by atoms with Crippen molar-refractivity contribution < 1.29 is 28.7 Å². The number of hydrogen-bond acceptors (Lipinski definition) is 8. The zero-order valence-electron chi connectivity index (χ0n) is 50.0. The summed E-state index contributed by atoms with van der Waals surface area (Å²) in [5.41, 5.74) is 5.18. The van der Waals surface area contributed by atoms with Crippen LogP contribution in [-0.4, -0.2) is 48.0 Å². The van der Waals surface area contributed by atoms with Crippen LogP contribution in [0.3, 0.4) is 0 Å². The number of esters is 2. The van der Waals surface area contributed by atoms with Crippen LogP contribution in [0.5, 0.6) is 0 Å². The lowest BCUT2D eigenvalue weighted by molar-refractivity contribution is -0.172. The van der Waals surface area contributed by atoms with Gasteiger partial charge in [-0.05, 0) is 113 Å². The van der Waals surface area contributed by atoms with Crippen molar-refractivity contribution in [3.63, 3.8) is 0 Å². The normalized spacial score (nSPS) is 26.3. The molecule has 4 aromatic carbocycles. The molecule has 0 aromatic heterocycles. The van der Waals surface area contributed by atoms with Gasteiger partial charge in [0.25, 0.3) is 11.8 Å². The Morgan fingerprint density at radius 2 is 0.975 bits per heavy atom. The van der Waals surface area contributed by atoms with Gasteiger partial charge in [0.2, 0.25) is 0 Å². The molecule has 6 atom stereocenters. The Morgan fingerprint density at radius 1 is 0.557 bits per heavy atom. The third-order valence-electron chi connectivity index (χ3n) is 17.6. The molecule has 2 fully saturated rings. The second kappa shape index (κ2) is 22.9. The first kappa shape index (κ1) is 58.6. The minimum absolute atomic E-state index is 0.0442. The van der Waals surface area contributed by atoms with Gasteiger partial charge in [-0.25, -0.2) is 9.79 Å². The van der Waals surface area contributed by atoms with Gasteiger partial charge in [-0.15, -0.1) is 0 Å². The van der Waals surface area contributed by atoms with Gasteiger partial charge in [-0.2, -0.15) is 0 Å². The Balaban J connectivity index is 1.35. The lowest BCUT2D eigenvalue weighted by atomic mass is 9.59. The molecule has 2 aliphatic heterocycles. The number of aryl methyl sites for hydroxylation is 2. The fourth-order valence-corrected chi connectivity index (χ4v) is 13.2. The molecule has 2 heterocycles. The molecule has 2 saturated carbocycles. The highest BCUT2D eigenvalue weighted by Crippen LogP contribution is 2.52. The smallest absolute Gasteiger partial charge is 0.342 e. The number of benzene rings is 4. The largest absolute Gasteiger partial charge is 0.461 e. The molecule has 2 aliphatic carbocycles. The van der Waals surface area contributed by atoms with Gasteiger partial charge >= 0.3 is 11.9 Å². The van der Waals surface area contributed by atoms with Gasteiger partial charge < -0.3 is 25.4 Å². The summed E-state index contributed by atoms with van der Waals surface area (Å²) in [5, 5.41) is 10.00. The van der Waals surface area contributed by atoms with E-state index in [2.05, 4.69) is 113 Å². The lowest BCUT2D eigenvalue weighted by Gasteiger charge is -2.50. The number of hydrogen-bond donors (Lipinski definition) is 3. The van der Waals surface area contributed by atoms with Gasteiger partial charge in [0, 0.05) is 51.6 Å². The van der Waals surface area contributed by atoms with Crippen LogP contribution in [-0.2, 0) is 19.1 Å². The van der Waals surface area contributed by atoms with E-state index in [1.165, 1.54) is 0 Å². The van der Waals surface area contributed by atoms with E-state index in [1.807, 2.05) is 117 Å². The van der Waals surface area contributed by atoms with Crippen LogP contribution >= 0.6 is 0 Å². The Kier molecular flexibility index (Phi) is 17.0. The van der Waals surface area contributed by atoms with Crippen LogP contribution in [0.25, 0.3) is 11.1 Å². The molecule has 10 nitrogen and oxygen atoms in total. The van der Waals surface area contributed by atoms with Gasteiger partial charge in [0.1, 0.15) is 35.7 Å². The van der Waals surface area contributed by atoms with Gasteiger partial charge in [0.15, 0.2) is 0 Å². The first-order valence-electron chi connectivity index (χ1n) is 28.8. The van der Waals surface area contributed by atoms with E-state index in [4.69, 9.17) is 14.5 Å². The van der Waals surface area contributed by atoms with Crippen molar-refractivity contribution in [2.75, 3.05) is 0 Å². The Bertz CT molecular complexity index is 3000. The molecule has 4 aliphatic rings. The third kappa shape index (κ3) is 12.9. The average Bonchev–Trinajstić information content (AvgIpc) is 4.04. The summed E-state index contributed by atoms with van der Waals surface area (Å²) < 4.78 is 14.1. The van der Waals surface area contributed by atoms with E-state index in [1.54, 1.807) is 12.1 Å².